The Morgan fingerprint density at radius 3 is 2.67 bits per heavy atom. The normalized spacial score (nSPS) is 10.1. The Morgan fingerprint density at radius 2 is 2.00 bits per heavy atom. The van der Waals surface area contributed by atoms with Gasteiger partial charge in [-0.1, -0.05) is 0 Å². The van der Waals surface area contributed by atoms with Crippen molar-refractivity contribution < 1.29 is 8.78 Å². The molecule has 2 aromatic rings. The van der Waals surface area contributed by atoms with Crippen molar-refractivity contribution in [3.8, 4) is 6.07 Å². The SMILES string of the molecule is Cc1cc(C#N)nc(Sc2ccc(F)cc2F)n1. The molecule has 0 spiro atoms. The molecule has 0 saturated heterocycles. The molecule has 18 heavy (non-hydrogen) atoms. The van der Waals surface area contributed by atoms with Crippen LogP contribution in [0.4, 0.5) is 8.78 Å². The van der Waals surface area contributed by atoms with Crippen LogP contribution in [-0.2, 0) is 0 Å². The highest BCUT2D eigenvalue weighted by molar-refractivity contribution is 7.99. The number of aromatic nitrogens is 2. The van der Waals surface area contributed by atoms with Gasteiger partial charge in [0.25, 0.3) is 0 Å². The molecule has 0 bridgehead atoms. The lowest BCUT2D eigenvalue weighted by Gasteiger charge is -2.03. The molecule has 0 aliphatic heterocycles. The first kappa shape index (κ1) is 12.5. The highest BCUT2D eigenvalue weighted by atomic mass is 32.2. The van der Waals surface area contributed by atoms with Gasteiger partial charge in [0.15, 0.2) is 5.16 Å². The second kappa shape index (κ2) is 5.10. The van der Waals surface area contributed by atoms with E-state index in [9.17, 15) is 8.78 Å². The minimum atomic E-state index is -0.677. The molecule has 0 saturated carbocycles. The van der Waals surface area contributed by atoms with Crippen molar-refractivity contribution >= 4 is 11.8 Å². The van der Waals surface area contributed by atoms with Gasteiger partial charge in [-0.25, -0.2) is 18.7 Å². The zero-order valence-corrected chi connectivity index (χ0v) is 10.1. The van der Waals surface area contributed by atoms with Crippen LogP contribution in [0.5, 0.6) is 0 Å². The topological polar surface area (TPSA) is 49.6 Å². The first-order valence-corrected chi connectivity index (χ1v) is 5.79. The van der Waals surface area contributed by atoms with Crippen molar-refractivity contribution in [1.82, 2.24) is 9.97 Å². The maximum absolute atomic E-state index is 13.4. The fourth-order valence-electron chi connectivity index (χ4n) is 1.30. The number of aryl methyl sites for hydroxylation is 1. The van der Waals surface area contributed by atoms with Gasteiger partial charge in [0.1, 0.15) is 23.4 Å². The zero-order valence-electron chi connectivity index (χ0n) is 9.32. The number of halogens is 2. The standard InChI is InChI=1S/C12H7F2N3S/c1-7-4-9(6-15)17-12(16-7)18-11-3-2-8(13)5-10(11)14/h2-5H,1H3. The Balaban J connectivity index is 2.34. The molecule has 0 radical (unpaired) electrons. The van der Waals surface area contributed by atoms with E-state index < -0.39 is 11.6 Å². The van der Waals surface area contributed by atoms with Crippen LogP contribution in [0.25, 0.3) is 0 Å². The number of benzene rings is 1. The van der Waals surface area contributed by atoms with E-state index in [1.807, 2.05) is 6.07 Å². The second-order valence-electron chi connectivity index (χ2n) is 3.47. The number of hydrogen-bond donors (Lipinski definition) is 0. The summed E-state index contributed by atoms with van der Waals surface area (Å²) >= 11 is 0.952. The second-order valence-corrected chi connectivity index (χ2v) is 4.47. The largest absolute Gasteiger partial charge is 0.228 e. The zero-order chi connectivity index (χ0) is 13.1. The molecule has 1 heterocycles. The number of nitriles is 1. The van der Waals surface area contributed by atoms with E-state index in [-0.39, 0.29) is 15.7 Å². The molecule has 0 fully saturated rings. The van der Waals surface area contributed by atoms with E-state index in [0.29, 0.717) is 5.69 Å². The van der Waals surface area contributed by atoms with Crippen molar-refractivity contribution in [1.29, 1.82) is 5.26 Å². The Bertz CT molecular complexity index is 638. The predicted molar refractivity (Wildman–Crippen MR) is 62.0 cm³/mol. The van der Waals surface area contributed by atoms with Crippen LogP contribution in [0.1, 0.15) is 11.4 Å². The monoisotopic (exact) mass is 263 g/mol. The lowest BCUT2D eigenvalue weighted by molar-refractivity contribution is 0.565. The maximum atomic E-state index is 13.4. The van der Waals surface area contributed by atoms with Crippen LogP contribution >= 0.6 is 11.8 Å². The van der Waals surface area contributed by atoms with Crippen LogP contribution in [-0.4, -0.2) is 9.97 Å². The summed E-state index contributed by atoms with van der Waals surface area (Å²) in [4.78, 5) is 8.24. The third kappa shape index (κ3) is 2.81. The Morgan fingerprint density at radius 1 is 1.22 bits per heavy atom. The smallest absolute Gasteiger partial charge is 0.194 e. The number of hydrogen-bond acceptors (Lipinski definition) is 4. The molecule has 0 atom stereocenters. The molecule has 6 heteroatoms. The Labute approximate surface area is 107 Å². The lowest BCUT2D eigenvalue weighted by Crippen LogP contribution is -1.94. The van der Waals surface area contributed by atoms with Crippen molar-refractivity contribution in [3.05, 3.63) is 47.3 Å². The minimum absolute atomic E-state index is 0.214. The number of nitrogens with zero attached hydrogens (tertiary/aromatic N) is 3. The third-order valence-electron chi connectivity index (χ3n) is 2.04. The molecule has 0 aliphatic rings. The Kier molecular flexibility index (Phi) is 3.53. The van der Waals surface area contributed by atoms with Crippen molar-refractivity contribution in [2.75, 3.05) is 0 Å². The molecule has 0 amide bonds. The van der Waals surface area contributed by atoms with E-state index >= 15 is 0 Å². The molecule has 1 aromatic carbocycles. The van der Waals surface area contributed by atoms with E-state index in [4.69, 9.17) is 5.26 Å². The van der Waals surface area contributed by atoms with Crippen molar-refractivity contribution in [3.63, 3.8) is 0 Å². The first-order chi connectivity index (χ1) is 8.58. The summed E-state index contributed by atoms with van der Waals surface area (Å²) in [5, 5.41) is 9.03. The van der Waals surface area contributed by atoms with Crippen LogP contribution in [0.3, 0.4) is 0 Å². The molecule has 2 rings (SSSR count). The molecule has 90 valence electrons. The summed E-state index contributed by atoms with van der Waals surface area (Å²) in [5.74, 6) is -1.32. The molecule has 0 aliphatic carbocycles. The third-order valence-corrected chi connectivity index (χ3v) is 2.96. The van der Waals surface area contributed by atoms with E-state index in [1.165, 1.54) is 12.1 Å². The first-order valence-electron chi connectivity index (χ1n) is 4.97. The van der Waals surface area contributed by atoms with E-state index in [0.717, 1.165) is 23.9 Å². The maximum Gasteiger partial charge on any atom is 0.194 e. The van der Waals surface area contributed by atoms with Crippen LogP contribution in [0.15, 0.2) is 34.3 Å². The molecular formula is C12H7F2N3S. The van der Waals surface area contributed by atoms with Crippen LogP contribution < -0.4 is 0 Å². The van der Waals surface area contributed by atoms with Gasteiger partial charge in [0, 0.05) is 11.8 Å². The van der Waals surface area contributed by atoms with Gasteiger partial charge in [-0.05, 0) is 36.9 Å². The van der Waals surface area contributed by atoms with Gasteiger partial charge in [0.05, 0.1) is 4.90 Å². The summed E-state index contributed by atoms with van der Waals surface area (Å²) in [6, 6.07) is 6.70. The van der Waals surface area contributed by atoms with Gasteiger partial charge in [-0.2, -0.15) is 5.26 Å². The molecule has 1 aromatic heterocycles. The quantitative estimate of drug-likeness (QED) is 0.781. The van der Waals surface area contributed by atoms with E-state index in [2.05, 4.69) is 9.97 Å². The highest BCUT2D eigenvalue weighted by Gasteiger charge is 2.09. The Hall–Kier alpha value is -2.00. The fourth-order valence-corrected chi connectivity index (χ4v) is 2.12. The molecule has 3 nitrogen and oxygen atoms in total. The van der Waals surface area contributed by atoms with E-state index in [1.54, 1.807) is 6.92 Å². The van der Waals surface area contributed by atoms with Gasteiger partial charge in [0.2, 0.25) is 0 Å². The molecule has 0 N–H and O–H groups in total. The molecule has 0 unspecified atom stereocenters. The van der Waals surface area contributed by atoms with Gasteiger partial charge >= 0.3 is 0 Å². The fraction of sp³-hybridized carbons (Fsp3) is 0.0833. The molecular weight excluding hydrogens is 256 g/mol. The lowest BCUT2D eigenvalue weighted by atomic mass is 10.3. The van der Waals surface area contributed by atoms with Gasteiger partial charge in [-0.3, -0.25) is 0 Å². The summed E-state index contributed by atoms with van der Waals surface area (Å²) in [6.45, 7) is 1.72. The average molecular weight is 263 g/mol. The van der Waals surface area contributed by atoms with Crippen molar-refractivity contribution in [2.45, 2.75) is 17.0 Å². The highest BCUT2D eigenvalue weighted by Crippen LogP contribution is 2.27. The van der Waals surface area contributed by atoms with Gasteiger partial charge in [-0.15, -0.1) is 0 Å². The summed E-state index contributed by atoms with van der Waals surface area (Å²) in [5.41, 5.74) is 0.832. The van der Waals surface area contributed by atoms with Crippen LogP contribution in [0.2, 0.25) is 0 Å². The predicted octanol–water partition coefficient (Wildman–Crippen LogP) is 3.09. The minimum Gasteiger partial charge on any atom is -0.228 e. The van der Waals surface area contributed by atoms with Crippen molar-refractivity contribution in [2.24, 2.45) is 0 Å². The number of rotatable bonds is 2. The summed E-state index contributed by atoms with van der Waals surface area (Å²) < 4.78 is 26.2. The summed E-state index contributed by atoms with van der Waals surface area (Å²) in [6.07, 6.45) is 0. The van der Waals surface area contributed by atoms with Crippen LogP contribution in [0, 0.1) is 29.9 Å². The summed E-state index contributed by atoms with van der Waals surface area (Å²) in [7, 11) is 0. The van der Waals surface area contributed by atoms with Gasteiger partial charge < -0.3 is 0 Å². The average Bonchev–Trinajstić information content (AvgIpc) is 2.32.